The van der Waals surface area contributed by atoms with Gasteiger partial charge in [-0.2, -0.15) is 0 Å². The van der Waals surface area contributed by atoms with Gasteiger partial charge in [-0.3, -0.25) is 0 Å². The second-order valence-electron chi connectivity index (χ2n) is 27.2. The van der Waals surface area contributed by atoms with Gasteiger partial charge in [-0.15, -0.1) is 0 Å². The van der Waals surface area contributed by atoms with Gasteiger partial charge in [-0.25, -0.2) is 0 Å². The van der Waals surface area contributed by atoms with Crippen molar-refractivity contribution in [3.8, 4) is 5.69 Å². The average Bonchev–Trinajstić information content (AvgIpc) is 2.66. The van der Waals surface area contributed by atoms with Crippen molar-refractivity contribution >= 4 is 116 Å². The van der Waals surface area contributed by atoms with Gasteiger partial charge in [-0.05, 0) is 187 Å². The minimum absolute atomic E-state index is 0.0455. The number of hydrogen-bond acceptors (Lipinski definition) is 2. The largest absolute Gasteiger partial charge is 0.310 e. The van der Waals surface area contributed by atoms with Crippen LogP contribution in [0.3, 0.4) is 0 Å². The Morgan fingerprint density at radius 1 is 0.268 bits per heavy atom. The molecule has 14 aromatic rings. The molecule has 4 heteroatoms. The molecular formula is C78H72N4. The molecule has 0 saturated heterocycles. The first-order valence-corrected chi connectivity index (χ1v) is 29.3. The van der Waals surface area contributed by atoms with Gasteiger partial charge >= 0.3 is 0 Å². The van der Waals surface area contributed by atoms with Crippen LogP contribution in [-0.4, -0.2) is 8.97 Å². The van der Waals surface area contributed by atoms with Gasteiger partial charge in [0.05, 0.1) is 27.6 Å². The fourth-order valence-corrected chi connectivity index (χ4v) is 13.0. The lowest BCUT2D eigenvalue weighted by molar-refractivity contribution is 0.590. The van der Waals surface area contributed by atoms with Crippen molar-refractivity contribution in [3.63, 3.8) is 0 Å². The number of rotatable bonds is 7. The molecule has 3 aromatic heterocycles. The summed E-state index contributed by atoms with van der Waals surface area (Å²) in [6.45, 7) is 27.4. The van der Waals surface area contributed by atoms with Crippen LogP contribution >= 0.6 is 0 Å². The first-order chi connectivity index (χ1) is 39.2. The van der Waals surface area contributed by atoms with E-state index in [4.69, 9.17) is 0 Å². The maximum absolute atomic E-state index is 2.59. The molecule has 0 aliphatic heterocycles. The number of para-hydroxylation sites is 2. The third-order valence-corrected chi connectivity index (χ3v) is 17.6. The Kier molecular flexibility index (Phi) is 11.5. The number of aromatic nitrogens is 2. The van der Waals surface area contributed by atoms with Crippen LogP contribution in [0.1, 0.15) is 105 Å². The van der Waals surface area contributed by atoms with Crippen LogP contribution in [0.25, 0.3) is 87.1 Å². The molecule has 0 bridgehead atoms. The summed E-state index contributed by atoms with van der Waals surface area (Å²) in [5, 5.41) is 12.3. The molecule has 4 nitrogen and oxygen atoms in total. The quantitative estimate of drug-likeness (QED) is 0.158. The van der Waals surface area contributed by atoms with Crippen molar-refractivity contribution in [3.05, 3.63) is 241 Å². The van der Waals surface area contributed by atoms with E-state index in [0.29, 0.717) is 0 Å². The Morgan fingerprint density at radius 3 is 1.09 bits per heavy atom. The van der Waals surface area contributed by atoms with Gasteiger partial charge in [-0.1, -0.05) is 180 Å². The SMILES string of the molecule is CC(C)(C)c1ccc(N(c2ccc(C(C)(C)C)cc2)c2ccc3cc4c(cc3c2)c2cc3c5ccccc5n(-c5ccccc5)c3c3c5cc6cc(N(c7ccc(C(C)(C)C)cc7)c7ccc(C(C)(C)C)cc7)ccc6cc5n4c23)cc1. The van der Waals surface area contributed by atoms with Gasteiger partial charge in [0.15, 0.2) is 0 Å². The van der Waals surface area contributed by atoms with E-state index in [0.717, 1.165) is 39.8 Å². The molecule has 0 aliphatic rings. The first-order valence-electron chi connectivity index (χ1n) is 29.3. The molecule has 82 heavy (non-hydrogen) atoms. The van der Waals surface area contributed by atoms with Crippen LogP contribution in [0, 0.1) is 0 Å². The van der Waals surface area contributed by atoms with Crippen molar-refractivity contribution in [2.75, 3.05) is 9.80 Å². The summed E-state index contributed by atoms with van der Waals surface area (Å²) >= 11 is 0. The van der Waals surface area contributed by atoms with E-state index in [1.54, 1.807) is 0 Å². The molecule has 0 aliphatic carbocycles. The summed E-state index contributed by atoms with van der Waals surface area (Å²) in [4.78, 5) is 4.85. The van der Waals surface area contributed by atoms with Crippen LogP contribution in [0.4, 0.5) is 34.1 Å². The lowest BCUT2D eigenvalue weighted by Crippen LogP contribution is -2.14. The van der Waals surface area contributed by atoms with Gasteiger partial charge < -0.3 is 18.8 Å². The van der Waals surface area contributed by atoms with Crippen LogP contribution in [0.5, 0.6) is 0 Å². The zero-order valence-corrected chi connectivity index (χ0v) is 49.6. The smallest absolute Gasteiger partial charge is 0.0642 e. The second kappa shape index (κ2) is 18.3. The summed E-state index contributed by atoms with van der Waals surface area (Å²) < 4.78 is 5.10. The Bertz CT molecular complexity index is 4660. The Balaban J connectivity index is 1.02. The molecule has 0 atom stereocenters. The van der Waals surface area contributed by atoms with Gasteiger partial charge in [0.1, 0.15) is 0 Å². The predicted octanol–water partition coefficient (Wildman–Crippen LogP) is 22.4. The molecule has 0 fully saturated rings. The Morgan fingerprint density at radius 2 is 0.646 bits per heavy atom. The van der Waals surface area contributed by atoms with E-state index in [1.165, 1.54) is 104 Å². The van der Waals surface area contributed by atoms with Crippen LogP contribution < -0.4 is 9.80 Å². The zero-order chi connectivity index (χ0) is 56.8. The van der Waals surface area contributed by atoms with Gasteiger partial charge in [0.2, 0.25) is 0 Å². The van der Waals surface area contributed by atoms with E-state index in [-0.39, 0.29) is 21.7 Å². The van der Waals surface area contributed by atoms with E-state index < -0.39 is 0 Å². The summed E-state index contributed by atoms with van der Waals surface area (Å²) in [6.07, 6.45) is 0. The summed E-state index contributed by atoms with van der Waals surface area (Å²) in [6, 6.07) is 83.1. The summed E-state index contributed by atoms with van der Waals surface area (Å²) in [7, 11) is 0. The summed E-state index contributed by atoms with van der Waals surface area (Å²) in [5.74, 6) is 0. The Labute approximate surface area is 482 Å². The highest BCUT2D eigenvalue weighted by molar-refractivity contribution is 6.35. The zero-order valence-electron chi connectivity index (χ0n) is 49.6. The van der Waals surface area contributed by atoms with E-state index in [9.17, 15) is 0 Å². The van der Waals surface area contributed by atoms with Crippen molar-refractivity contribution < 1.29 is 0 Å². The molecule has 3 heterocycles. The minimum atomic E-state index is 0.0455. The third kappa shape index (κ3) is 8.40. The van der Waals surface area contributed by atoms with Crippen LogP contribution in [-0.2, 0) is 21.7 Å². The monoisotopic (exact) mass is 1060 g/mol. The predicted molar refractivity (Wildman–Crippen MR) is 355 cm³/mol. The normalized spacial score (nSPS) is 12.9. The number of hydrogen-bond donors (Lipinski definition) is 0. The van der Waals surface area contributed by atoms with E-state index in [2.05, 4.69) is 320 Å². The van der Waals surface area contributed by atoms with Gasteiger partial charge in [0.25, 0.3) is 0 Å². The highest BCUT2D eigenvalue weighted by Gasteiger charge is 2.27. The van der Waals surface area contributed by atoms with Crippen LogP contribution in [0.2, 0.25) is 0 Å². The maximum atomic E-state index is 2.59. The fourth-order valence-electron chi connectivity index (χ4n) is 13.0. The number of anilines is 6. The van der Waals surface area contributed by atoms with Gasteiger partial charge in [0, 0.05) is 72.1 Å². The van der Waals surface area contributed by atoms with Crippen molar-refractivity contribution in [2.45, 2.75) is 105 Å². The molecule has 0 unspecified atom stereocenters. The van der Waals surface area contributed by atoms with Crippen molar-refractivity contribution in [2.24, 2.45) is 0 Å². The standard InChI is InChI=1S/C78H72N4/c1-75(2,3)53-24-34-58(35-25-53)79(59-36-26-54(27-37-59)76(4,5)6)62-32-22-49-46-70-65(44-51(49)42-62)67-48-66-64-20-16-17-21-69(64)81(57-18-14-13-15-19-57)73(66)72-68-45-52-43-63(33-23-50(52)47-71(68)82(70)74(67)72)80(60-38-28-55(29-39-60)77(7,8)9)61-40-30-56(31-41-61)78(10,11)12/h13-48H,1-12H3. The third-order valence-electron chi connectivity index (χ3n) is 17.6. The lowest BCUT2D eigenvalue weighted by Gasteiger charge is -2.28. The highest BCUT2D eigenvalue weighted by Crippen LogP contribution is 2.49. The molecule has 14 rings (SSSR count). The molecule has 0 amide bonds. The minimum Gasteiger partial charge on any atom is -0.310 e. The fraction of sp³-hybridized carbons (Fsp3) is 0.205. The molecule has 0 radical (unpaired) electrons. The Hall–Kier alpha value is -8.86. The van der Waals surface area contributed by atoms with E-state index in [1.807, 2.05) is 0 Å². The average molecular weight is 1070 g/mol. The van der Waals surface area contributed by atoms with Crippen molar-refractivity contribution in [1.29, 1.82) is 0 Å². The number of benzene rings is 11. The highest BCUT2D eigenvalue weighted by atomic mass is 15.1. The molecule has 0 saturated carbocycles. The molecular weight excluding hydrogens is 993 g/mol. The molecule has 0 N–H and O–H groups in total. The summed E-state index contributed by atoms with van der Waals surface area (Å²) in [5.41, 5.74) is 19.5. The topological polar surface area (TPSA) is 15.8 Å². The molecule has 404 valence electrons. The van der Waals surface area contributed by atoms with E-state index >= 15 is 0 Å². The van der Waals surface area contributed by atoms with Crippen molar-refractivity contribution in [1.82, 2.24) is 8.97 Å². The van der Waals surface area contributed by atoms with Crippen LogP contribution in [0.15, 0.2) is 218 Å². The second-order valence-corrected chi connectivity index (χ2v) is 27.2. The number of nitrogens with zero attached hydrogens (tertiary/aromatic N) is 4. The number of fused-ring (bicyclic) bond motifs is 12. The molecule has 11 aromatic carbocycles. The lowest BCUT2D eigenvalue weighted by atomic mass is 9.86. The maximum Gasteiger partial charge on any atom is 0.0642 e. The molecule has 0 spiro atoms. The first kappa shape index (κ1) is 51.3.